The third-order valence-electron chi connectivity index (χ3n) is 2.11. The number of nitrogens with zero attached hydrogens (tertiary/aromatic N) is 1. The summed E-state index contributed by atoms with van der Waals surface area (Å²) >= 11 is 0. The van der Waals surface area contributed by atoms with Crippen LogP contribution in [0.1, 0.15) is 27.7 Å². The van der Waals surface area contributed by atoms with Crippen molar-refractivity contribution >= 4 is 17.8 Å². The Morgan fingerprint density at radius 3 is 2.29 bits per heavy atom. The molecule has 1 atom stereocenters. The van der Waals surface area contributed by atoms with Crippen LogP contribution in [0.25, 0.3) is 0 Å². The number of hydrogen-bond donors (Lipinski definition) is 1. The topological polar surface area (TPSA) is 75.7 Å². The maximum atomic E-state index is 11.9. The number of carbonyl (C=O) groups is 3. The maximum absolute atomic E-state index is 11.9. The van der Waals surface area contributed by atoms with E-state index in [9.17, 15) is 14.4 Å². The lowest BCUT2D eigenvalue weighted by Crippen LogP contribution is -2.48. The molecule has 98 valence electrons. The van der Waals surface area contributed by atoms with Gasteiger partial charge in [-0.05, 0) is 20.8 Å². The van der Waals surface area contributed by atoms with Crippen LogP contribution in [0.2, 0.25) is 0 Å². The Labute approximate surface area is 101 Å². The van der Waals surface area contributed by atoms with Gasteiger partial charge in [0.2, 0.25) is 11.8 Å². The second-order valence-corrected chi connectivity index (χ2v) is 3.58. The van der Waals surface area contributed by atoms with Crippen molar-refractivity contribution in [2.75, 3.05) is 19.7 Å². The molecule has 0 bridgehead atoms. The third kappa shape index (κ3) is 5.89. The van der Waals surface area contributed by atoms with Crippen LogP contribution in [0.5, 0.6) is 0 Å². The molecule has 6 heteroatoms. The van der Waals surface area contributed by atoms with Gasteiger partial charge in [-0.15, -0.1) is 0 Å². The molecule has 6 nitrogen and oxygen atoms in total. The monoisotopic (exact) mass is 244 g/mol. The highest BCUT2D eigenvalue weighted by Gasteiger charge is 2.22. The van der Waals surface area contributed by atoms with Gasteiger partial charge in [0.1, 0.15) is 12.6 Å². The van der Waals surface area contributed by atoms with Gasteiger partial charge in [-0.3, -0.25) is 14.4 Å². The Bertz CT molecular complexity index is 291. The highest BCUT2D eigenvalue weighted by molar-refractivity contribution is 5.88. The molecule has 0 aromatic carbocycles. The molecular weight excluding hydrogens is 224 g/mol. The summed E-state index contributed by atoms with van der Waals surface area (Å²) in [6.45, 7) is 6.97. The van der Waals surface area contributed by atoms with E-state index in [0.29, 0.717) is 6.54 Å². The summed E-state index contributed by atoms with van der Waals surface area (Å²) in [6, 6.07) is -0.637. The molecule has 0 saturated heterocycles. The Balaban J connectivity index is 4.39. The lowest BCUT2D eigenvalue weighted by Gasteiger charge is -2.23. The summed E-state index contributed by atoms with van der Waals surface area (Å²) in [5.41, 5.74) is 0. The van der Waals surface area contributed by atoms with Gasteiger partial charge >= 0.3 is 5.97 Å². The van der Waals surface area contributed by atoms with Crippen LogP contribution < -0.4 is 5.32 Å². The fraction of sp³-hybridized carbons (Fsp3) is 0.727. The van der Waals surface area contributed by atoms with E-state index < -0.39 is 12.0 Å². The minimum Gasteiger partial charge on any atom is -0.465 e. The van der Waals surface area contributed by atoms with Crippen LogP contribution >= 0.6 is 0 Å². The number of esters is 1. The molecule has 0 aromatic heterocycles. The van der Waals surface area contributed by atoms with Crippen LogP contribution in [0, 0.1) is 0 Å². The van der Waals surface area contributed by atoms with Gasteiger partial charge in [0, 0.05) is 13.5 Å². The van der Waals surface area contributed by atoms with E-state index in [1.54, 1.807) is 20.8 Å². The third-order valence-corrected chi connectivity index (χ3v) is 2.11. The minimum atomic E-state index is -0.637. The Kier molecular flexibility index (Phi) is 6.93. The molecule has 0 spiro atoms. The average Bonchev–Trinajstić information content (AvgIpc) is 2.24. The van der Waals surface area contributed by atoms with Gasteiger partial charge in [0.15, 0.2) is 0 Å². The fourth-order valence-electron chi connectivity index (χ4n) is 1.35. The molecule has 0 aliphatic carbocycles. The van der Waals surface area contributed by atoms with Crippen molar-refractivity contribution in [1.82, 2.24) is 10.2 Å². The van der Waals surface area contributed by atoms with Gasteiger partial charge in [0.05, 0.1) is 6.61 Å². The molecule has 0 saturated carbocycles. The lowest BCUT2D eigenvalue weighted by molar-refractivity contribution is -0.149. The van der Waals surface area contributed by atoms with Gasteiger partial charge in [-0.1, -0.05) is 0 Å². The summed E-state index contributed by atoms with van der Waals surface area (Å²) in [4.78, 5) is 35.3. The molecule has 0 heterocycles. The smallest absolute Gasteiger partial charge is 0.325 e. The van der Waals surface area contributed by atoms with Gasteiger partial charge in [-0.2, -0.15) is 0 Å². The van der Waals surface area contributed by atoms with E-state index in [1.165, 1.54) is 11.8 Å². The zero-order valence-electron chi connectivity index (χ0n) is 10.8. The normalized spacial score (nSPS) is 11.5. The zero-order chi connectivity index (χ0) is 13.4. The van der Waals surface area contributed by atoms with Crippen molar-refractivity contribution in [3.8, 4) is 0 Å². The number of nitrogens with one attached hydrogen (secondary N) is 1. The van der Waals surface area contributed by atoms with E-state index in [2.05, 4.69) is 5.32 Å². The quantitative estimate of drug-likeness (QED) is 0.663. The first-order valence-corrected chi connectivity index (χ1v) is 5.63. The molecule has 17 heavy (non-hydrogen) atoms. The van der Waals surface area contributed by atoms with Crippen molar-refractivity contribution in [3.05, 3.63) is 0 Å². The molecular formula is C11H20N2O4. The fourth-order valence-corrected chi connectivity index (χ4v) is 1.35. The molecule has 0 aliphatic heterocycles. The van der Waals surface area contributed by atoms with E-state index >= 15 is 0 Å². The van der Waals surface area contributed by atoms with Crippen molar-refractivity contribution in [2.45, 2.75) is 33.7 Å². The highest BCUT2D eigenvalue weighted by Crippen LogP contribution is 1.96. The predicted molar refractivity (Wildman–Crippen MR) is 62.2 cm³/mol. The molecule has 1 N–H and O–H groups in total. The minimum absolute atomic E-state index is 0.0902. The predicted octanol–water partition coefficient (Wildman–Crippen LogP) is -0.0774. The molecule has 1 unspecified atom stereocenters. The Morgan fingerprint density at radius 1 is 1.29 bits per heavy atom. The first-order chi connectivity index (χ1) is 7.92. The summed E-state index contributed by atoms with van der Waals surface area (Å²) in [6.07, 6.45) is 0. The van der Waals surface area contributed by atoms with E-state index in [1.807, 2.05) is 0 Å². The number of ether oxygens (including phenoxy) is 1. The molecule has 0 fully saturated rings. The van der Waals surface area contributed by atoms with Crippen LogP contribution in [-0.4, -0.2) is 48.4 Å². The average molecular weight is 244 g/mol. The largest absolute Gasteiger partial charge is 0.465 e. The zero-order valence-corrected chi connectivity index (χ0v) is 10.8. The molecule has 0 aliphatic rings. The molecule has 2 amide bonds. The highest BCUT2D eigenvalue weighted by atomic mass is 16.5. The van der Waals surface area contributed by atoms with Gasteiger partial charge in [-0.25, -0.2) is 0 Å². The van der Waals surface area contributed by atoms with Crippen LogP contribution in [0.3, 0.4) is 0 Å². The molecule has 0 radical (unpaired) electrons. The van der Waals surface area contributed by atoms with E-state index in [4.69, 9.17) is 4.74 Å². The summed E-state index contributed by atoms with van der Waals surface area (Å²) in [5, 5.41) is 2.48. The first-order valence-electron chi connectivity index (χ1n) is 5.63. The number of hydrogen-bond acceptors (Lipinski definition) is 4. The number of rotatable bonds is 6. The van der Waals surface area contributed by atoms with E-state index in [0.717, 1.165) is 0 Å². The van der Waals surface area contributed by atoms with Gasteiger partial charge < -0.3 is 15.0 Å². The first kappa shape index (κ1) is 15.4. The summed E-state index contributed by atoms with van der Waals surface area (Å²) in [7, 11) is 0. The number of amides is 2. The van der Waals surface area contributed by atoms with Crippen molar-refractivity contribution < 1.29 is 19.1 Å². The standard InChI is InChI=1S/C11H20N2O4/c1-5-13(7-10(15)17-6-2)11(16)8(3)12-9(4)14/h8H,5-7H2,1-4H3,(H,12,14). The Hall–Kier alpha value is -1.59. The second kappa shape index (κ2) is 7.65. The van der Waals surface area contributed by atoms with Crippen molar-refractivity contribution in [1.29, 1.82) is 0 Å². The summed E-state index contributed by atoms with van der Waals surface area (Å²) < 4.78 is 4.77. The summed E-state index contributed by atoms with van der Waals surface area (Å²) in [5.74, 6) is -1.02. The van der Waals surface area contributed by atoms with Crippen molar-refractivity contribution in [2.24, 2.45) is 0 Å². The molecule has 0 aromatic rings. The number of likely N-dealkylation sites (N-methyl/N-ethyl adjacent to an activating group) is 1. The molecule has 0 rings (SSSR count). The van der Waals surface area contributed by atoms with Gasteiger partial charge in [0.25, 0.3) is 0 Å². The maximum Gasteiger partial charge on any atom is 0.325 e. The van der Waals surface area contributed by atoms with Crippen LogP contribution in [0.4, 0.5) is 0 Å². The second-order valence-electron chi connectivity index (χ2n) is 3.58. The SMILES string of the molecule is CCOC(=O)CN(CC)C(=O)C(C)NC(C)=O. The number of carbonyl (C=O) groups excluding carboxylic acids is 3. The van der Waals surface area contributed by atoms with E-state index in [-0.39, 0.29) is 25.0 Å². The lowest BCUT2D eigenvalue weighted by atomic mass is 10.2. The van der Waals surface area contributed by atoms with Crippen LogP contribution in [-0.2, 0) is 19.1 Å². The van der Waals surface area contributed by atoms with Crippen molar-refractivity contribution in [3.63, 3.8) is 0 Å². The Morgan fingerprint density at radius 2 is 1.88 bits per heavy atom. The van der Waals surface area contributed by atoms with Crippen LogP contribution in [0.15, 0.2) is 0 Å².